The monoisotopic (exact) mass is 372 g/mol. The van der Waals surface area contributed by atoms with E-state index in [0.717, 1.165) is 35.2 Å². The van der Waals surface area contributed by atoms with Crippen LogP contribution < -0.4 is 10.6 Å². The first kappa shape index (κ1) is 14.5. The lowest BCUT2D eigenvalue weighted by molar-refractivity contribution is 0.240. The summed E-state index contributed by atoms with van der Waals surface area (Å²) in [5.41, 5.74) is 5.23. The van der Waals surface area contributed by atoms with Gasteiger partial charge in [-0.1, -0.05) is 30.3 Å². The SMILES string of the molecule is O=C1NC2=C(CCc3ccccc32)C(c2ccc(F)c(Br)c2)N1. The first-order valence-corrected chi connectivity index (χ1v) is 8.26. The van der Waals surface area contributed by atoms with Gasteiger partial charge in [-0.05, 0) is 57.6 Å². The molecule has 3 nitrogen and oxygen atoms in total. The Balaban J connectivity index is 1.85. The van der Waals surface area contributed by atoms with Gasteiger partial charge in [0.25, 0.3) is 0 Å². The number of aryl methyl sites for hydroxylation is 1. The van der Waals surface area contributed by atoms with Gasteiger partial charge in [-0.3, -0.25) is 0 Å². The smallest absolute Gasteiger partial charge is 0.319 e. The van der Waals surface area contributed by atoms with Crippen LogP contribution in [-0.2, 0) is 6.42 Å². The van der Waals surface area contributed by atoms with Crippen molar-refractivity contribution in [1.29, 1.82) is 0 Å². The maximum atomic E-state index is 13.5. The fraction of sp³-hybridized carbons (Fsp3) is 0.167. The number of urea groups is 1. The molecule has 1 heterocycles. The maximum Gasteiger partial charge on any atom is 0.319 e. The van der Waals surface area contributed by atoms with Crippen LogP contribution in [0, 0.1) is 5.82 Å². The number of amides is 2. The number of halogens is 2. The minimum absolute atomic E-state index is 0.231. The molecule has 116 valence electrons. The third-order valence-corrected chi connectivity index (χ3v) is 5.02. The third kappa shape index (κ3) is 2.45. The molecule has 0 spiro atoms. The molecule has 1 unspecified atom stereocenters. The number of hydrogen-bond donors (Lipinski definition) is 2. The molecule has 0 saturated heterocycles. The maximum absolute atomic E-state index is 13.5. The average Bonchev–Trinajstić information content (AvgIpc) is 2.56. The van der Waals surface area contributed by atoms with E-state index in [0.29, 0.717) is 4.47 Å². The van der Waals surface area contributed by atoms with Crippen LogP contribution in [0.4, 0.5) is 9.18 Å². The minimum atomic E-state index is -0.308. The van der Waals surface area contributed by atoms with E-state index >= 15 is 0 Å². The van der Waals surface area contributed by atoms with Crippen LogP contribution in [0.15, 0.2) is 52.5 Å². The van der Waals surface area contributed by atoms with E-state index in [-0.39, 0.29) is 17.9 Å². The van der Waals surface area contributed by atoms with Crippen LogP contribution in [0.1, 0.15) is 29.2 Å². The minimum Gasteiger partial charge on any atom is -0.327 e. The van der Waals surface area contributed by atoms with Gasteiger partial charge in [0.05, 0.1) is 16.2 Å². The van der Waals surface area contributed by atoms with Crippen molar-refractivity contribution in [1.82, 2.24) is 10.6 Å². The van der Waals surface area contributed by atoms with E-state index in [1.54, 1.807) is 12.1 Å². The standard InChI is InChI=1S/C18H14BrFN2O/c19-14-9-11(6-8-15(14)20)16-13-7-5-10-3-1-2-4-12(10)17(13)22-18(23)21-16/h1-4,6,8-9,16H,5,7H2,(H2,21,22,23). The van der Waals surface area contributed by atoms with Crippen molar-refractivity contribution in [2.24, 2.45) is 0 Å². The Hall–Kier alpha value is -2.14. The van der Waals surface area contributed by atoms with Crippen LogP contribution in [0.5, 0.6) is 0 Å². The number of benzene rings is 2. The van der Waals surface area contributed by atoms with Crippen LogP contribution >= 0.6 is 15.9 Å². The highest BCUT2D eigenvalue weighted by molar-refractivity contribution is 9.10. The van der Waals surface area contributed by atoms with Crippen LogP contribution in [0.3, 0.4) is 0 Å². The molecule has 2 N–H and O–H groups in total. The van der Waals surface area contributed by atoms with Gasteiger partial charge in [-0.25, -0.2) is 9.18 Å². The zero-order chi connectivity index (χ0) is 16.0. The van der Waals surface area contributed by atoms with E-state index in [1.807, 2.05) is 18.2 Å². The van der Waals surface area contributed by atoms with E-state index in [2.05, 4.69) is 32.6 Å². The summed E-state index contributed by atoms with van der Waals surface area (Å²) < 4.78 is 13.9. The molecule has 1 aliphatic carbocycles. The Bertz CT molecular complexity index is 847. The number of rotatable bonds is 1. The highest BCUT2D eigenvalue weighted by Gasteiger charge is 2.32. The van der Waals surface area contributed by atoms with Gasteiger partial charge in [0.1, 0.15) is 5.82 Å². The van der Waals surface area contributed by atoms with Crippen LogP contribution in [-0.4, -0.2) is 6.03 Å². The second-order valence-electron chi connectivity index (χ2n) is 5.76. The molecule has 4 rings (SSSR count). The zero-order valence-electron chi connectivity index (χ0n) is 12.2. The molecule has 2 aliphatic rings. The molecule has 0 aromatic heterocycles. The molecule has 0 fully saturated rings. The zero-order valence-corrected chi connectivity index (χ0v) is 13.8. The molecular formula is C18H14BrFN2O. The summed E-state index contributed by atoms with van der Waals surface area (Å²) in [6.07, 6.45) is 1.80. The van der Waals surface area contributed by atoms with E-state index in [9.17, 15) is 9.18 Å². The number of hydrogen-bond acceptors (Lipinski definition) is 1. The Kier molecular flexibility index (Phi) is 3.45. The molecule has 2 amide bonds. The average molecular weight is 373 g/mol. The van der Waals surface area contributed by atoms with Crippen molar-refractivity contribution in [2.45, 2.75) is 18.9 Å². The largest absolute Gasteiger partial charge is 0.327 e. The quantitative estimate of drug-likeness (QED) is 0.769. The first-order chi connectivity index (χ1) is 11.1. The molecule has 1 atom stereocenters. The molecule has 2 aromatic carbocycles. The Morgan fingerprint density at radius 1 is 1.13 bits per heavy atom. The lowest BCUT2D eigenvalue weighted by Gasteiger charge is -2.34. The van der Waals surface area contributed by atoms with Crippen molar-refractivity contribution in [3.8, 4) is 0 Å². The second kappa shape index (κ2) is 5.49. The van der Waals surface area contributed by atoms with Gasteiger partial charge in [0.2, 0.25) is 0 Å². The van der Waals surface area contributed by atoms with Gasteiger partial charge in [-0.15, -0.1) is 0 Å². The van der Waals surface area contributed by atoms with Crippen molar-refractivity contribution in [2.75, 3.05) is 0 Å². The number of fused-ring (bicyclic) bond motifs is 2. The van der Waals surface area contributed by atoms with Gasteiger partial charge in [0.15, 0.2) is 0 Å². The fourth-order valence-corrected chi connectivity index (χ4v) is 3.73. The van der Waals surface area contributed by atoms with Crippen molar-refractivity contribution >= 4 is 27.7 Å². The Labute approximate surface area is 141 Å². The first-order valence-electron chi connectivity index (χ1n) is 7.47. The van der Waals surface area contributed by atoms with Crippen molar-refractivity contribution in [3.05, 3.63) is 75.0 Å². The fourth-order valence-electron chi connectivity index (χ4n) is 3.33. The predicted octanol–water partition coefficient (Wildman–Crippen LogP) is 4.30. The molecule has 0 bridgehead atoms. The van der Waals surface area contributed by atoms with Crippen LogP contribution in [0.25, 0.3) is 5.70 Å². The topological polar surface area (TPSA) is 41.1 Å². The highest BCUT2D eigenvalue weighted by Crippen LogP contribution is 2.39. The summed E-state index contributed by atoms with van der Waals surface area (Å²) in [7, 11) is 0. The molecule has 23 heavy (non-hydrogen) atoms. The third-order valence-electron chi connectivity index (χ3n) is 4.41. The normalized spacial score (nSPS) is 19.6. The number of nitrogens with one attached hydrogen (secondary N) is 2. The summed E-state index contributed by atoms with van der Waals surface area (Å²) >= 11 is 3.22. The highest BCUT2D eigenvalue weighted by atomic mass is 79.9. The lowest BCUT2D eigenvalue weighted by Crippen LogP contribution is -2.44. The van der Waals surface area contributed by atoms with Crippen molar-refractivity contribution < 1.29 is 9.18 Å². The molecule has 0 saturated carbocycles. The summed E-state index contributed by atoms with van der Waals surface area (Å²) in [5.74, 6) is -0.308. The predicted molar refractivity (Wildman–Crippen MR) is 90.2 cm³/mol. The summed E-state index contributed by atoms with van der Waals surface area (Å²) in [4.78, 5) is 12.1. The second-order valence-corrected chi connectivity index (χ2v) is 6.62. The Morgan fingerprint density at radius 2 is 1.96 bits per heavy atom. The molecule has 2 aromatic rings. The van der Waals surface area contributed by atoms with E-state index in [4.69, 9.17) is 0 Å². The van der Waals surface area contributed by atoms with Gasteiger partial charge in [0, 0.05) is 5.56 Å². The molecule has 0 radical (unpaired) electrons. The van der Waals surface area contributed by atoms with Gasteiger partial charge >= 0.3 is 6.03 Å². The van der Waals surface area contributed by atoms with E-state index < -0.39 is 0 Å². The van der Waals surface area contributed by atoms with E-state index in [1.165, 1.54) is 11.6 Å². The summed E-state index contributed by atoms with van der Waals surface area (Å²) in [5, 5.41) is 5.90. The van der Waals surface area contributed by atoms with Gasteiger partial charge < -0.3 is 10.6 Å². The van der Waals surface area contributed by atoms with Gasteiger partial charge in [-0.2, -0.15) is 0 Å². The summed E-state index contributed by atoms with van der Waals surface area (Å²) in [6, 6.07) is 12.5. The molecular weight excluding hydrogens is 359 g/mol. The Morgan fingerprint density at radius 3 is 2.78 bits per heavy atom. The summed E-state index contributed by atoms with van der Waals surface area (Å²) in [6.45, 7) is 0. The van der Waals surface area contributed by atoms with Crippen LogP contribution in [0.2, 0.25) is 0 Å². The number of carbonyl (C=O) groups is 1. The van der Waals surface area contributed by atoms with Crippen molar-refractivity contribution in [3.63, 3.8) is 0 Å². The molecule has 1 aliphatic heterocycles. The lowest BCUT2D eigenvalue weighted by atomic mass is 9.83. The number of carbonyl (C=O) groups excluding carboxylic acids is 1. The molecule has 5 heteroatoms.